The van der Waals surface area contributed by atoms with Crippen LogP contribution in [0.1, 0.15) is 20.8 Å². The Kier molecular flexibility index (Phi) is 3.90. The molecule has 0 radical (unpaired) electrons. The predicted molar refractivity (Wildman–Crippen MR) is 55.6 cm³/mol. The lowest BCUT2D eigenvalue weighted by Crippen LogP contribution is -2.40. The van der Waals surface area contributed by atoms with Crippen LogP contribution in [0.4, 0.5) is 9.18 Å². The van der Waals surface area contributed by atoms with Crippen molar-refractivity contribution in [3.8, 4) is 0 Å². The van der Waals surface area contributed by atoms with E-state index in [1.807, 2.05) is 0 Å². The molecular formula is C10H19FN2O2. The summed E-state index contributed by atoms with van der Waals surface area (Å²) in [5, 5.41) is 2.92. The van der Waals surface area contributed by atoms with Crippen LogP contribution in [-0.4, -0.2) is 48.9 Å². The molecule has 0 saturated carbocycles. The summed E-state index contributed by atoms with van der Waals surface area (Å²) in [6, 6.07) is 0. The molecule has 0 aliphatic carbocycles. The van der Waals surface area contributed by atoms with E-state index in [4.69, 9.17) is 4.74 Å². The molecule has 4 nitrogen and oxygen atoms in total. The lowest BCUT2D eigenvalue weighted by Gasteiger charge is -2.26. The number of nitrogens with one attached hydrogen (secondary N) is 1. The second-order valence-electron chi connectivity index (χ2n) is 4.73. The first-order valence-electron chi connectivity index (χ1n) is 5.21. The van der Waals surface area contributed by atoms with E-state index in [-0.39, 0.29) is 6.54 Å². The van der Waals surface area contributed by atoms with Crippen molar-refractivity contribution in [2.45, 2.75) is 32.5 Å². The lowest BCUT2D eigenvalue weighted by molar-refractivity contribution is 0.0229. The van der Waals surface area contributed by atoms with Gasteiger partial charge in [0.05, 0.1) is 6.54 Å². The molecule has 1 aliphatic heterocycles. The van der Waals surface area contributed by atoms with Gasteiger partial charge >= 0.3 is 6.09 Å². The highest BCUT2D eigenvalue weighted by Crippen LogP contribution is 2.11. The molecule has 5 heteroatoms. The van der Waals surface area contributed by atoms with Gasteiger partial charge in [-0.05, 0) is 20.8 Å². The first kappa shape index (κ1) is 12.2. The van der Waals surface area contributed by atoms with Gasteiger partial charge in [-0.25, -0.2) is 9.18 Å². The minimum Gasteiger partial charge on any atom is -0.444 e. The van der Waals surface area contributed by atoms with Gasteiger partial charge in [0.2, 0.25) is 0 Å². The van der Waals surface area contributed by atoms with Crippen molar-refractivity contribution in [2.24, 2.45) is 0 Å². The number of amides is 1. The van der Waals surface area contributed by atoms with Crippen LogP contribution in [0.25, 0.3) is 0 Å². The van der Waals surface area contributed by atoms with Crippen LogP contribution in [-0.2, 0) is 4.74 Å². The Balaban J connectivity index is 2.50. The highest BCUT2D eigenvalue weighted by Gasteiger charge is 2.25. The maximum Gasteiger partial charge on any atom is 0.410 e. The number of carbonyl (C=O) groups excluding carboxylic acids is 1. The summed E-state index contributed by atoms with van der Waals surface area (Å²) >= 11 is 0. The molecule has 0 unspecified atom stereocenters. The number of hydrogen-bond donors (Lipinski definition) is 1. The van der Waals surface area contributed by atoms with Gasteiger partial charge in [-0.3, -0.25) is 0 Å². The van der Waals surface area contributed by atoms with Gasteiger partial charge in [0.1, 0.15) is 11.8 Å². The quantitative estimate of drug-likeness (QED) is 0.663. The average molecular weight is 218 g/mol. The summed E-state index contributed by atoms with van der Waals surface area (Å²) in [4.78, 5) is 13.0. The number of rotatable bonds is 0. The highest BCUT2D eigenvalue weighted by molar-refractivity contribution is 5.68. The molecule has 0 spiro atoms. The number of alkyl halides is 1. The Morgan fingerprint density at radius 1 is 1.53 bits per heavy atom. The average Bonchev–Trinajstić information content (AvgIpc) is 2.26. The fraction of sp³-hybridized carbons (Fsp3) is 0.900. The number of nitrogens with zero attached hydrogens (tertiary/aromatic N) is 1. The van der Waals surface area contributed by atoms with E-state index < -0.39 is 17.9 Å². The molecule has 88 valence electrons. The minimum atomic E-state index is -1.01. The number of hydrogen-bond acceptors (Lipinski definition) is 3. The van der Waals surface area contributed by atoms with Gasteiger partial charge in [-0.1, -0.05) is 0 Å². The maximum atomic E-state index is 13.2. The Bertz CT molecular complexity index is 228. The Morgan fingerprint density at radius 3 is 2.80 bits per heavy atom. The van der Waals surface area contributed by atoms with Crippen LogP contribution in [0, 0.1) is 0 Å². The van der Waals surface area contributed by atoms with Crippen molar-refractivity contribution in [1.82, 2.24) is 10.2 Å². The third-order valence-electron chi connectivity index (χ3n) is 1.99. The number of halogens is 1. The first-order valence-corrected chi connectivity index (χ1v) is 5.21. The molecule has 1 heterocycles. The van der Waals surface area contributed by atoms with Gasteiger partial charge < -0.3 is 15.0 Å². The molecule has 1 saturated heterocycles. The second kappa shape index (κ2) is 4.79. The fourth-order valence-corrected chi connectivity index (χ4v) is 1.36. The molecule has 1 aliphatic rings. The molecule has 1 fully saturated rings. The molecule has 0 aromatic carbocycles. The van der Waals surface area contributed by atoms with Crippen molar-refractivity contribution in [3.63, 3.8) is 0 Å². The third kappa shape index (κ3) is 4.46. The molecule has 0 aromatic heterocycles. The number of ether oxygens (including phenoxy) is 1. The topological polar surface area (TPSA) is 41.6 Å². The van der Waals surface area contributed by atoms with E-state index in [0.29, 0.717) is 19.6 Å². The molecule has 1 atom stereocenters. The summed E-state index contributed by atoms with van der Waals surface area (Å²) in [7, 11) is 0. The molecule has 1 amide bonds. The van der Waals surface area contributed by atoms with Gasteiger partial charge in [0.15, 0.2) is 0 Å². The van der Waals surface area contributed by atoms with E-state index in [9.17, 15) is 9.18 Å². The van der Waals surface area contributed by atoms with Crippen LogP contribution in [0.15, 0.2) is 0 Å². The lowest BCUT2D eigenvalue weighted by atomic mass is 10.2. The largest absolute Gasteiger partial charge is 0.444 e. The number of carbonyl (C=O) groups is 1. The molecule has 0 bridgehead atoms. The zero-order chi connectivity index (χ0) is 11.5. The van der Waals surface area contributed by atoms with Gasteiger partial charge in [-0.15, -0.1) is 0 Å². The standard InChI is InChI=1S/C10H19FN2O2/c1-10(2,3)15-9(14)13-5-4-12-6-8(11)7-13/h8,12H,4-7H2,1-3H3/t8-/m1/s1. The van der Waals surface area contributed by atoms with Crippen LogP contribution in [0.2, 0.25) is 0 Å². The van der Waals surface area contributed by atoms with Gasteiger partial charge in [-0.2, -0.15) is 0 Å². The van der Waals surface area contributed by atoms with Crippen LogP contribution >= 0.6 is 0 Å². The summed E-state index contributed by atoms with van der Waals surface area (Å²) in [6.07, 6.45) is -1.45. The summed E-state index contributed by atoms with van der Waals surface area (Å²) in [6.45, 7) is 6.92. The third-order valence-corrected chi connectivity index (χ3v) is 1.99. The Labute approximate surface area is 89.8 Å². The molecule has 0 aromatic rings. The monoisotopic (exact) mass is 218 g/mol. The minimum absolute atomic E-state index is 0.113. The van der Waals surface area contributed by atoms with E-state index in [1.54, 1.807) is 20.8 Å². The van der Waals surface area contributed by atoms with E-state index in [1.165, 1.54) is 4.90 Å². The predicted octanol–water partition coefficient (Wildman–Crippen LogP) is 1.16. The van der Waals surface area contributed by atoms with E-state index >= 15 is 0 Å². The van der Waals surface area contributed by atoms with Gasteiger partial charge in [0.25, 0.3) is 0 Å². The zero-order valence-corrected chi connectivity index (χ0v) is 9.55. The van der Waals surface area contributed by atoms with Gasteiger partial charge in [0, 0.05) is 19.6 Å². The molecular weight excluding hydrogens is 199 g/mol. The second-order valence-corrected chi connectivity index (χ2v) is 4.73. The van der Waals surface area contributed by atoms with E-state index in [0.717, 1.165) is 0 Å². The van der Waals surface area contributed by atoms with Crippen molar-refractivity contribution in [3.05, 3.63) is 0 Å². The normalized spacial score (nSPS) is 23.5. The first-order chi connectivity index (χ1) is 6.88. The van der Waals surface area contributed by atoms with Crippen LogP contribution in [0.3, 0.4) is 0 Å². The van der Waals surface area contributed by atoms with Crippen molar-refractivity contribution >= 4 is 6.09 Å². The SMILES string of the molecule is CC(C)(C)OC(=O)N1CCNC[C@@H](F)C1. The Hall–Kier alpha value is -0.840. The highest BCUT2D eigenvalue weighted by atomic mass is 19.1. The molecule has 1 rings (SSSR count). The Morgan fingerprint density at radius 2 is 2.20 bits per heavy atom. The molecule has 1 N–H and O–H groups in total. The maximum absolute atomic E-state index is 13.2. The molecule has 15 heavy (non-hydrogen) atoms. The van der Waals surface area contributed by atoms with Crippen molar-refractivity contribution in [1.29, 1.82) is 0 Å². The van der Waals surface area contributed by atoms with Crippen LogP contribution < -0.4 is 5.32 Å². The smallest absolute Gasteiger partial charge is 0.410 e. The summed E-state index contributed by atoms with van der Waals surface area (Å²) in [5.41, 5.74) is -0.525. The van der Waals surface area contributed by atoms with Crippen molar-refractivity contribution < 1.29 is 13.9 Å². The fourth-order valence-electron chi connectivity index (χ4n) is 1.36. The summed E-state index contributed by atoms with van der Waals surface area (Å²) in [5.74, 6) is 0. The van der Waals surface area contributed by atoms with Crippen molar-refractivity contribution in [2.75, 3.05) is 26.2 Å². The van der Waals surface area contributed by atoms with Crippen LogP contribution in [0.5, 0.6) is 0 Å². The zero-order valence-electron chi connectivity index (χ0n) is 9.55. The van der Waals surface area contributed by atoms with E-state index in [2.05, 4.69) is 5.32 Å². The summed E-state index contributed by atoms with van der Waals surface area (Å²) < 4.78 is 18.3.